The van der Waals surface area contributed by atoms with Crippen LogP contribution in [0.3, 0.4) is 0 Å². The Morgan fingerprint density at radius 2 is 1.90 bits per heavy atom. The lowest BCUT2D eigenvalue weighted by atomic mass is 9.94. The van der Waals surface area contributed by atoms with Gasteiger partial charge in [0.1, 0.15) is 0 Å². The number of rotatable bonds is 7. The van der Waals surface area contributed by atoms with Gasteiger partial charge in [0.25, 0.3) is 0 Å². The maximum absolute atomic E-state index is 12.4. The number of carbonyl (C=O) groups excluding carboxylic acids is 1. The number of nitrogens with one attached hydrogen (secondary N) is 1. The molecular formula is C15H28N2O3. The highest BCUT2D eigenvalue weighted by Crippen LogP contribution is 2.22. The van der Waals surface area contributed by atoms with Gasteiger partial charge in [-0.3, -0.25) is 4.79 Å². The molecule has 116 valence electrons. The van der Waals surface area contributed by atoms with Crippen molar-refractivity contribution in [3.8, 4) is 0 Å². The van der Waals surface area contributed by atoms with Crippen molar-refractivity contribution in [2.75, 3.05) is 6.54 Å². The summed E-state index contributed by atoms with van der Waals surface area (Å²) in [5, 5.41) is 11.8. The fraction of sp³-hybridized carbons (Fsp3) is 0.867. The zero-order valence-electron chi connectivity index (χ0n) is 12.7. The highest BCUT2D eigenvalue weighted by molar-refractivity contribution is 5.76. The monoisotopic (exact) mass is 284 g/mol. The second-order valence-electron chi connectivity index (χ2n) is 5.61. The molecular weight excluding hydrogens is 256 g/mol. The van der Waals surface area contributed by atoms with Crippen LogP contribution in [0.4, 0.5) is 4.79 Å². The minimum Gasteiger partial charge on any atom is -0.481 e. The van der Waals surface area contributed by atoms with E-state index in [4.69, 9.17) is 5.11 Å². The predicted octanol–water partition coefficient (Wildman–Crippen LogP) is 2.99. The molecule has 2 amide bonds. The maximum Gasteiger partial charge on any atom is 0.317 e. The summed E-state index contributed by atoms with van der Waals surface area (Å²) >= 11 is 0. The number of nitrogens with zero attached hydrogens (tertiary/aromatic N) is 1. The molecule has 2 N–H and O–H groups in total. The van der Waals surface area contributed by atoms with E-state index >= 15 is 0 Å². The number of hydrogen-bond donors (Lipinski definition) is 2. The lowest BCUT2D eigenvalue weighted by molar-refractivity contribution is -0.137. The Bertz CT molecular complexity index is 314. The molecule has 20 heavy (non-hydrogen) atoms. The normalized spacial score (nSPS) is 17.5. The molecule has 0 aliphatic heterocycles. The first-order valence-corrected chi connectivity index (χ1v) is 7.87. The van der Waals surface area contributed by atoms with Crippen LogP contribution >= 0.6 is 0 Å². The SMILES string of the molecule is CCCC(CC(=O)O)NC(=O)N(CC)C1CCCCC1. The number of carboxylic acid groups (broad SMARTS) is 1. The molecule has 5 nitrogen and oxygen atoms in total. The van der Waals surface area contributed by atoms with Crippen molar-refractivity contribution in [2.24, 2.45) is 0 Å². The first-order valence-electron chi connectivity index (χ1n) is 7.87. The largest absolute Gasteiger partial charge is 0.481 e. The summed E-state index contributed by atoms with van der Waals surface area (Å²) in [5.41, 5.74) is 0. The van der Waals surface area contributed by atoms with Gasteiger partial charge in [0.05, 0.1) is 6.42 Å². The van der Waals surface area contributed by atoms with Crippen LogP contribution in [0.5, 0.6) is 0 Å². The molecule has 0 aromatic carbocycles. The fourth-order valence-corrected chi connectivity index (χ4v) is 3.00. The molecule has 0 heterocycles. The standard InChI is InChI=1S/C15H28N2O3/c1-3-8-12(11-14(18)19)16-15(20)17(4-2)13-9-6-5-7-10-13/h12-13H,3-11H2,1-2H3,(H,16,20)(H,18,19). The van der Waals surface area contributed by atoms with Gasteiger partial charge in [0, 0.05) is 18.6 Å². The summed E-state index contributed by atoms with van der Waals surface area (Å²) < 4.78 is 0. The Hall–Kier alpha value is -1.26. The van der Waals surface area contributed by atoms with Gasteiger partial charge in [0.15, 0.2) is 0 Å². The van der Waals surface area contributed by atoms with Crippen LogP contribution in [0.25, 0.3) is 0 Å². The molecule has 1 aliphatic rings. The summed E-state index contributed by atoms with van der Waals surface area (Å²) in [6, 6.07) is -0.0393. The van der Waals surface area contributed by atoms with Crippen LogP contribution in [0.15, 0.2) is 0 Å². The van der Waals surface area contributed by atoms with Gasteiger partial charge in [-0.05, 0) is 26.2 Å². The summed E-state index contributed by atoms with van der Waals surface area (Å²) in [4.78, 5) is 25.1. The van der Waals surface area contributed by atoms with E-state index in [1.165, 1.54) is 19.3 Å². The fourth-order valence-electron chi connectivity index (χ4n) is 3.00. The molecule has 0 radical (unpaired) electrons. The van der Waals surface area contributed by atoms with Crippen molar-refractivity contribution < 1.29 is 14.7 Å². The summed E-state index contributed by atoms with van der Waals surface area (Å²) in [6.07, 6.45) is 7.34. The lowest BCUT2D eigenvalue weighted by Crippen LogP contribution is -2.50. The first kappa shape index (κ1) is 16.8. The number of aliphatic carboxylic acids is 1. The third-order valence-electron chi connectivity index (χ3n) is 4.00. The third kappa shape index (κ3) is 5.39. The van der Waals surface area contributed by atoms with Crippen LogP contribution in [0.2, 0.25) is 0 Å². The summed E-state index contributed by atoms with van der Waals surface area (Å²) in [7, 11) is 0. The molecule has 1 saturated carbocycles. The molecule has 0 saturated heterocycles. The number of carboxylic acids is 1. The molecule has 1 fully saturated rings. The second-order valence-corrected chi connectivity index (χ2v) is 5.61. The number of urea groups is 1. The molecule has 1 rings (SSSR count). The zero-order valence-corrected chi connectivity index (χ0v) is 12.7. The molecule has 5 heteroatoms. The lowest BCUT2D eigenvalue weighted by Gasteiger charge is -2.34. The number of amides is 2. The van der Waals surface area contributed by atoms with E-state index in [1.807, 2.05) is 18.7 Å². The minimum atomic E-state index is -0.857. The highest BCUT2D eigenvalue weighted by atomic mass is 16.4. The quantitative estimate of drug-likeness (QED) is 0.755. The Labute approximate surface area is 121 Å². The smallest absolute Gasteiger partial charge is 0.317 e. The van der Waals surface area contributed by atoms with Crippen molar-refractivity contribution in [3.63, 3.8) is 0 Å². The zero-order chi connectivity index (χ0) is 15.0. The van der Waals surface area contributed by atoms with Crippen molar-refractivity contribution in [2.45, 2.75) is 77.3 Å². The highest BCUT2D eigenvalue weighted by Gasteiger charge is 2.26. The van der Waals surface area contributed by atoms with Crippen LogP contribution < -0.4 is 5.32 Å². The first-order chi connectivity index (χ1) is 9.58. The van der Waals surface area contributed by atoms with Gasteiger partial charge in [-0.1, -0.05) is 32.6 Å². The van der Waals surface area contributed by atoms with Gasteiger partial charge in [-0.2, -0.15) is 0 Å². The van der Waals surface area contributed by atoms with E-state index in [0.29, 0.717) is 19.0 Å². The molecule has 0 aromatic heterocycles. The van der Waals surface area contributed by atoms with E-state index in [2.05, 4.69) is 5.32 Å². The Morgan fingerprint density at radius 3 is 2.40 bits per heavy atom. The predicted molar refractivity (Wildman–Crippen MR) is 78.7 cm³/mol. The average molecular weight is 284 g/mol. The topological polar surface area (TPSA) is 69.6 Å². The summed E-state index contributed by atoms with van der Waals surface area (Å²) in [6.45, 7) is 4.67. The Balaban J connectivity index is 2.56. The number of hydrogen-bond acceptors (Lipinski definition) is 2. The second kappa shape index (κ2) is 8.82. The molecule has 0 aromatic rings. The average Bonchev–Trinajstić information content (AvgIpc) is 2.40. The van der Waals surface area contributed by atoms with Gasteiger partial charge < -0.3 is 15.3 Å². The van der Waals surface area contributed by atoms with E-state index < -0.39 is 5.97 Å². The van der Waals surface area contributed by atoms with Crippen LogP contribution in [0, 0.1) is 0 Å². The van der Waals surface area contributed by atoms with E-state index in [-0.39, 0.29) is 18.5 Å². The van der Waals surface area contributed by atoms with Crippen molar-refractivity contribution in [1.82, 2.24) is 10.2 Å². The van der Waals surface area contributed by atoms with E-state index in [1.54, 1.807) is 0 Å². The third-order valence-corrected chi connectivity index (χ3v) is 4.00. The van der Waals surface area contributed by atoms with E-state index in [0.717, 1.165) is 19.3 Å². The molecule has 0 bridgehead atoms. The van der Waals surface area contributed by atoms with Gasteiger partial charge in [-0.15, -0.1) is 0 Å². The Morgan fingerprint density at radius 1 is 1.25 bits per heavy atom. The van der Waals surface area contributed by atoms with Crippen LogP contribution in [0.1, 0.15) is 65.2 Å². The molecule has 1 unspecified atom stereocenters. The Kier molecular flexibility index (Phi) is 7.41. The van der Waals surface area contributed by atoms with Gasteiger partial charge in [-0.25, -0.2) is 4.79 Å². The molecule has 1 aliphatic carbocycles. The van der Waals surface area contributed by atoms with Crippen molar-refractivity contribution in [3.05, 3.63) is 0 Å². The van der Waals surface area contributed by atoms with E-state index in [9.17, 15) is 9.59 Å². The molecule has 1 atom stereocenters. The van der Waals surface area contributed by atoms with Gasteiger partial charge >= 0.3 is 12.0 Å². The van der Waals surface area contributed by atoms with Crippen LogP contribution in [-0.4, -0.2) is 40.6 Å². The van der Waals surface area contributed by atoms with Crippen molar-refractivity contribution in [1.29, 1.82) is 0 Å². The maximum atomic E-state index is 12.4. The summed E-state index contributed by atoms with van der Waals surface area (Å²) in [5.74, 6) is -0.857. The minimum absolute atomic E-state index is 0.00179. The van der Waals surface area contributed by atoms with Crippen LogP contribution in [-0.2, 0) is 4.79 Å². The molecule has 0 spiro atoms. The number of carbonyl (C=O) groups is 2. The van der Waals surface area contributed by atoms with Gasteiger partial charge in [0.2, 0.25) is 0 Å². The van der Waals surface area contributed by atoms with Crippen molar-refractivity contribution >= 4 is 12.0 Å².